The third-order valence-electron chi connectivity index (χ3n) is 3.34. The van der Waals surface area contributed by atoms with Gasteiger partial charge in [0.2, 0.25) is 10.0 Å². The normalized spacial score (nSPS) is 12.9. The van der Waals surface area contributed by atoms with Gasteiger partial charge in [0.1, 0.15) is 5.75 Å². The van der Waals surface area contributed by atoms with Crippen molar-refractivity contribution in [2.24, 2.45) is 0 Å². The molecule has 1 atom stereocenters. The lowest BCUT2D eigenvalue weighted by Gasteiger charge is -2.15. The van der Waals surface area contributed by atoms with Crippen LogP contribution in [0.25, 0.3) is 0 Å². The van der Waals surface area contributed by atoms with E-state index in [0.717, 1.165) is 14.7 Å². The summed E-state index contributed by atoms with van der Waals surface area (Å²) < 4.78 is 33.6. The van der Waals surface area contributed by atoms with Crippen molar-refractivity contribution in [3.05, 3.63) is 57.2 Å². The Morgan fingerprint density at radius 2 is 1.77 bits per heavy atom. The van der Waals surface area contributed by atoms with Gasteiger partial charge in [-0.05, 0) is 60.2 Å². The van der Waals surface area contributed by atoms with E-state index in [4.69, 9.17) is 4.74 Å². The zero-order valence-corrected chi connectivity index (χ0v) is 15.6. The summed E-state index contributed by atoms with van der Waals surface area (Å²) in [5.41, 5.74) is 2.07. The van der Waals surface area contributed by atoms with E-state index in [-0.39, 0.29) is 10.9 Å². The molecular weight excluding hydrogens is 413 g/mol. The predicted molar refractivity (Wildman–Crippen MR) is 95.6 cm³/mol. The largest absolute Gasteiger partial charge is 0.496 e. The molecule has 2 rings (SSSR count). The van der Waals surface area contributed by atoms with Crippen molar-refractivity contribution in [1.29, 1.82) is 0 Å². The molecule has 4 nitrogen and oxygen atoms in total. The molecule has 0 amide bonds. The molecule has 6 heteroatoms. The van der Waals surface area contributed by atoms with Gasteiger partial charge in [-0.3, -0.25) is 0 Å². The molecule has 0 saturated carbocycles. The second kappa shape index (κ2) is 6.97. The number of aryl methyl sites for hydroxylation is 1. The van der Waals surface area contributed by atoms with E-state index in [9.17, 15) is 8.42 Å². The van der Waals surface area contributed by atoms with Gasteiger partial charge in [-0.15, -0.1) is 0 Å². The van der Waals surface area contributed by atoms with Crippen LogP contribution in [0.2, 0.25) is 0 Å². The van der Waals surface area contributed by atoms with Crippen LogP contribution < -0.4 is 9.46 Å². The highest BCUT2D eigenvalue weighted by atomic mass is 127. The standard InChI is InChI=1S/C16H18INO3S/c1-11-4-6-13(7-5-11)12(2)18-22(19,20)14-8-9-16(21-3)15(17)10-14/h4-10,12,18H,1-3H3. The molecule has 0 bridgehead atoms. The molecule has 0 heterocycles. The van der Waals surface area contributed by atoms with Gasteiger partial charge in [0.25, 0.3) is 0 Å². The van der Waals surface area contributed by atoms with E-state index in [1.165, 1.54) is 0 Å². The SMILES string of the molecule is COc1ccc(S(=O)(=O)NC(C)c2ccc(C)cc2)cc1I. The first kappa shape index (κ1) is 17.2. The molecule has 118 valence electrons. The van der Waals surface area contributed by atoms with E-state index in [1.54, 1.807) is 25.3 Å². The summed E-state index contributed by atoms with van der Waals surface area (Å²) in [6.45, 7) is 3.83. The molecule has 0 aliphatic heterocycles. The van der Waals surface area contributed by atoms with Gasteiger partial charge < -0.3 is 4.74 Å². The Labute approximate surface area is 145 Å². The van der Waals surface area contributed by atoms with Gasteiger partial charge in [-0.1, -0.05) is 29.8 Å². The van der Waals surface area contributed by atoms with Crippen LogP contribution in [0.5, 0.6) is 5.75 Å². The first-order valence-electron chi connectivity index (χ1n) is 6.76. The lowest BCUT2D eigenvalue weighted by Crippen LogP contribution is -2.27. The fourth-order valence-corrected chi connectivity index (χ4v) is 4.24. The number of halogens is 1. The van der Waals surface area contributed by atoms with Crippen LogP contribution in [0.3, 0.4) is 0 Å². The zero-order valence-electron chi connectivity index (χ0n) is 12.6. The maximum Gasteiger partial charge on any atom is 0.241 e. The van der Waals surface area contributed by atoms with Crippen molar-refractivity contribution in [2.45, 2.75) is 24.8 Å². The molecule has 22 heavy (non-hydrogen) atoms. The Kier molecular flexibility index (Phi) is 5.46. The minimum atomic E-state index is -3.58. The van der Waals surface area contributed by atoms with Crippen LogP contribution >= 0.6 is 22.6 Å². The van der Waals surface area contributed by atoms with Crippen LogP contribution in [-0.2, 0) is 10.0 Å². The van der Waals surface area contributed by atoms with Crippen LogP contribution in [0.4, 0.5) is 0 Å². The molecule has 0 saturated heterocycles. The first-order chi connectivity index (χ1) is 10.3. The lowest BCUT2D eigenvalue weighted by atomic mass is 10.1. The highest BCUT2D eigenvalue weighted by Crippen LogP contribution is 2.25. The summed E-state index contributed by atoms with van der Waals surface area (Å²) in [4.78, 5) is 0.233. The monoisotopic (exact) mass is 431 g/mol. The van der Waals surface area contributed by atoms with Crippen molar-refractivity contribution < 1.29 is 13.2 Å². The molecule has 0 aliphatic rings. The quantitative estimate of drug-likeness (QED) is 0.736. The molecule has 2 aromatic rings. The van der Waals surface area contributed by atoms with Gasteiger partial charge in [0.15, 0.2) is 0 Å². The predicted octanol–water partition coefficient (Wildman–Crippen LogP) is 3.65. The van der Waals surface area contributed by atoms with Gasteiger partial charge in [-0.25, -0.2) is 13.1 Å². The first-order valence-corrected chi connectivity index (χ1v) is 9.32. The summed E-state index contributed by atoms with van der Waals surface area (Å²) in [5, 5.41) is 0. The summed E-state index contributed by atoms with van der Waals surface area (Å²) in [6, 6.07) is 12.3. The molecule has 0 fully saturated rings. The number of hydrogen-bond acceptors (Lipinski definition) is 3. The number of methoxy groups -OCH3 is 1. The van der Waals surface area contributed by atoms with E-state index >= 15 is 0 Å². The van der Waals surface area contributed by atoms with Crippen molar-refractivity contribution in [2.75, 3.05) is 7.11 Å². The molecular formula is C16H18INO3S. The van der Waals surface area contributed by atoms with Gasteiger partial charge in [0.05, 0.1) is 15.6 Å². The number of sulfonamides is 1. The van der Waals surface area contributed by atoms with Gasteiger partial charge in [-0.2, -0.15) is 0 Å². The summed E-state index contributed by atoms with van der Waals surface area (Å²) in [5.74, 6) is 0.658. The minimum absolute atomic E-state index is 0.233. The Morgan fingerprint density at radius 1 is 1.14 bits per heavy atom. The topological polar surface area (TPSA) is 55.4 Å². The van der Waals surface area contributed by atoms with E-state index in [0.29, 0.717) is 5.75 Å². The summed E-state index contributed by atoms with van der Waals surface area (Å²) >= 11 is 2.06. The van der Waals surface area contributed by atoms with Crippen LogP contribution in [-0.4, -0.2) is 15.5 Å². The molecule has 1 unspecified atom stereocenters. The van der Waals surface area contributed by atoms with Gasteiger partial charge in [0, 0.05) is 6.04 Å². The van der Waals surface area contributed by atoms with Gasteiger partial charge >= 0.3 is 0 Å². The summed E-state index contributed by atoms with van der Waals surface area (Å²) in [7, 11) is -2.02. The Bertz CT molecular complexity index is 757. The zero-order chi connectivity index (χ0) is 16.3. The Morgan fingerprint density at radius 3 is 2.32 bits per heavy atom. The van der Waals surface area contributed by atoms with Crippen LogP contribution in [0.1, 0.15) is 24.1 Å². The molecule has 0 aromatic heterocycles. The summed E-state index contributed by atoms with van der Waals surface area (Å²) in [6.07, 6.45) is 0. The Balaban J connectivity index is 2.23. The number of ether oxygens (including phenoxy) is 1. The fraction of sp³-hybridized carbons (Fsp3) is 0.250. The second-order valence-electron chi connectivity index (χ2n) is 5.05. The van der Waals surface area contributed by atoms with Crippen molar-refractivity contribution in [1.82, 2.24) is 4.72 Å². The lowest BCUT2D eigenvalue weighted by molar-refractivity contribution is 0.411. The van der Waals surface area contributed by atoms with Crippen molar-refractivity contribution >= 4 is 32.6 Å². The third-order valence-corrected chi connectivity index (χ3v) is 5.72. The number of hydrogen-bond donors (Lipinski definition) is 1. The highest BCUT2D eigenvalue weighted by molar-refractivity contribution is 14.1. The number of rotatable bonds is 5. The minimum Gasteiger partial charge on any atom is -0.496 e. The van der Waals surface area contributed by atoms with Crippen LogP contribution in [0.15, 0.2) is 47.4 Å². The molecule has 2 aromatic carbocycles. The third kappa shape index (κ3) is 3.99. The average Bonchev–Trinajstić information content (AvgIpc) is 2.47. The highest BCUT2D eigenvalue weighted by Gasteiger charge is 2.19. The molecule has 1 N–H and O–H groups in total. The van der Waals surface area contributed by atoms with Crippen molar-refractivity contribution in [3.63, 3.8) is 0 Å². The van der Waals surface area contributed by atoms with E-state index in [1.807, 2.05) is 38.1 Å². The number of nitrogens with one attached hydrogen (secondary N) is 1. The van der Waals surface area contributed by atoms with E-state index in [2.05, 4.69) is 27.3 Å². The number of benzene rings is 2. The molecule has 0 aliphatic carbocycles. The smallest absolute Gasteiger partial charge is 0.241 e. The molecule has 0 spiro atoms. The maximum atomic E-state index is 12.5. The average molecular weight is 431 g/mol. The van der Waals surface area contributed by atoms with Crippen LogP contribution in [0, 0.1) is 10.5 Å². The Hall–Kier alpha value is -1.12. The second-order valence-corrected chi connectivity index (χ2v) is 7.93. The fourth-order valence-electron chi connectivity index (χ4n) is 2.04. The maximum absolute atomic E-state index is 12.5. The van der Waals surface area contributed by atoms with Crippen molar-refractivity contribution in [3.8, 4) is 5.75 Å². The molecule has 0 radical (unpaired) electrons. The van der Waals surface area contributed by atoms with E-state index < -0.39 is 10.0 Å².